The minimum Gasteiger partial charge on any atom is -0.411 e. The van der Waals surface area contributed by atoms with Crippen LogP contribution in [0.15, 0.2) is 69.1 Å². The van der Waals surface area contributed by atoms with Gasteiger partial charge in [-0.3, -0.25) is 0 Å². The second-order valence-corrected chi connectivity index (χ2v) is 9.39. The van der Waals surface area contributed by atoms with Crippen molar-refractivity contribution in [1.29, 1.82) is 0 Å². The Morgan fingerprint density at radius 1 is 1.04 bits per heavy atom. The van der Waals surface area contributed by atoms with Gasteiger partial charge in [-0.25, -0.2) is 8.42 Å². The number of sulfonamides is 1. The highest BCUT2D eigenvalue weighted by Gasteiger charge is 2.23. The van der Waals surface area contributed by atoms with Crippen LogP contribution in [0.5, 0.6) is 0 Å². The first-order valence-corrected chi connectivity index (χ1v) is 11.4. The number of nitrogens with zero attached hydrogens (tertiary/aromatic N) is 3. The van der Waals surface area contributed by atoms with Gasteiger partial charge in [-0.2, -0.15) is 4.31 Å². The van der Waals surface area contributed by atoms with Gasteiger partial charge in [0.1, 0.15) is 0 Å². The molecule has 0 N–H and O–H groups in total. The summed E-state index contributed by atoms with van der Waals surface area (Å²) < 4.78 is 32.7. The van der Waals surface area contributed by atoms with E-state index in [-0.39, 0.29) is 10.1 Å². The van der Waals surface area contributed by atoms with Gasteiger partial charge in [-0.15, -0.1) is 10.2 Å². The summed E-state index contributed by atoms with van der Waals surface area (Å²) in [5, 5.41) is 8.80. The van der Waals surface area contributed by atoms with Crippen molar-refractivity contribution in [2.45, 2.75) is 36.1 Å². The smallest absolute Gasteiger partial charge is 0.277 e. The van der Waals surface area contributed by atoms with Gasteiger partial charge in [0, 0.05) is 23.9 Å². The minimum atomic E-state index is -3.54. The molecular formula is C20H23N3O3S2. The zero-order valence-corrected chi connectivity index (χ0v) is 17.7. The van der Waals surface area contributed by atoms with E-state index in [1.165, 1.54) is 21.6 Å². The standard InChI is InChI=1S/C20H23N3O3S2/c1-4-23(5-2)28(24,25)18-13-9-12-17(14-18)19-21-22-20(26-19)27-15(3)16-10-7-6-8-11-16/h6-15H,4-5H2,1-3H3. The molecule has 0 aliphatic heterocycles. The maximum atomic E-state index is 12.7. The predicted molar refractivity (Wildman–Crippen MR) is 111 cm³/mol. The lowest BCUT2D eigenvalue weighted by molar-refractivity contribution is 0.445. The van der Waals surface area contributed by atoms with Crippen molar-refractivity contribution in [3.05, 3.63) is 60.2 Å². The Labute approximate surface area is 170 Å². The molecular weight excluding hydrogens is 394 g/mol. The largest absolute Gasteiger partial charge is 0.411 e. The zero-order chi connectivity index (χ0) is 20.1. The number of rotatable bonds is 8. The van der Waals surface area contributed by atoms with Crippen molar-refractivity contribution in [2.75, 3.05) is 13.1 Å². The highest BCUT2D eigenvalue weighted by atomic mass is 32.2. The van der Waals surface area contributed by atoms with Crippen LogP contribution in [-0.2, 0) is 10.0 Å². The van der Waals surface area contributed by atoms with Gasteiger partial charge < -0.3 is 4.42 Å². The fourth-order valence-corrected chi connectivity index (χ4v) is 5.13. The predicted octanol–water partition coefficient (Wildman–Crippen LogP) is 4.62. The Bertz CT molecular complexity index is 1020. The minimum absolute atomic E-state index is 0.156. The first kappa shape index (κ1) is 20.6. The van der Waals surface area contributed by atoms with Gasteiger partial charge in [-0.05, 0) is 30.7 Å². The van der Waals surface area contributed by atoms with Crippen LogP contribution in [0.25, 0.3) is 11.5 Å². The summed E-state index contributed by atoms with van der Waals surface area (Å²) in [6.45, 7) is 6.55. The van der Waals surface area contributed by atoms with Crippen LogP contribution < -0.4 is 0 Å². The maximum absolute atomic E-state index is 12.7. The number of hydrogen-bond acceptors (Lipinski definition) is 6. The van der Waals surface area contributed by atoms with Crippen LogP contribution in [0.2, 0.25) is 0 Å². The molecule has 0 fully saturated rings. The second kappa shape index (κ2) is 8.89. The van der Waals surface area contributed by atoms with Crippen molar-refractivity contribution in [1.82, 2.24) is 14.5 Å². The van der Waals surface area contributed by atoms with Gasteiger partial charge in [0.25, 0.3) is 5.22 Å². The van der Waals surface area contributed by atoms with Gasteiger partial charge >= 0.3 is 0 Å². The molecule has 0 radical (unpaired) electrons. The van der Waals surface area contributed by atoms with Crippen molar-refractivity contribution in [2.24, 2.45) is 0 Å². The second-order valence-electron chi connectivity index (χ2n) is 6.16. The summed E-state index contributed by atoms with van der Waals surface area (Å²) >= 11 is 1.47. The number of hydrogen-bond donors (Lipinski definition) is 0. The molecule has 0 bridgehead atoms. The molecule has 0 spiro atoms. The molecule has 3 rings (SSSR count). The van der Waals surface area contributed by atoms with E-state index in [0.29, 0.717) is 29.8 Å². The molecule has 3 aromatic rings. The van der Waals surface area contributed by atoms with E-state index in [0.717, 1.165) is 0 Å². The van der Waals surface area contributed by atoms with Crippen molar-refractivity contribution >= 4 is 21.8 Å². The molecule has 8 heteroatoms. The fraction of sp³-hybridized carbons (Fsp3) is 0.300. The zero-order valence-electron chi connectivity index (χ0n) is 16.1. The van der Waals surface area contributed by atoms with Gasteiger partial charge in [0.2, 0.25) is 15.9 Å². The number of thioether (sulfide) groups is 1. The number of benzene rings is 2. The molecule has 1 atom stereocenters. The van der Waals surface area contributed by atoms with E-state index in [4.69, 9.17) is 4.42 Å². The summed E-state index contributed by atoms with van der Waals surface area (Å²) in [6, 6.07) is 16.7. The van der Waals surface area contributed by atoms with Crippen LogP contribution in [0.4, 0.5) is 0 Å². The average Bonchev–Trinajstić information content (AvgIpc) is 3.18. The molecule has 0 saturated heterocycles. The van der Waals surface area contributed by atoms with Crippen LogP contribution in [0.3, 0.4) is 0 Å². The van der Waals surface area contributed by atoms with Crippen LogP contribution >= 0.6 is 11.8 Å². The van der Waals surface area contributed by atoms with Crippen LogP contribution in [0.1, 0.15) is 31.6 Å². The third-order valence-corrected chi connectivity index (χ3v) is 7.42. The summed E-state index contributed by atoms with van der Waals surface area (Å²) in [4.78, 5) is 0.221. The van der Waals surface area contributed by atoms with Crippen LogP contribution in [0, 0.1) is 0 Å². The monoisotopic (exact) mass is 417 g/mol. The highest BCUT2D eigenvalue weighted by molar-refractivity contribution is 7.99. The summed E-state index contributed by atoms with van der Waals surface area (Å²) in [5.74, 6) is 0.305. The topological polar surface area (TPSA) is 76.3 Å². The summed E-state index contributed by atoms with van der Waals surface area (Å²) in [7, 11) is -3.54. The first-order valence-electron chi connectivity index (χ1n) is 9.11. The Kier molecular flexibility index (Phi) is 6.53. The lowest BCUT2D eigenvalue weighted by Crippen LogP contribution is -2.30. The first-order chi connectivity index (χ1) is 13.5. The highest BCUT2D eigenvalue weighted by Crippen LogP contribution is 2.35. The van der Waals surface area contributed by atoms with E-state index >= 15 is 0 Å². The molecule has 1 aromatic heterocycles. The van der Waals surface area contributed by atoms with Crippen LogP contribution in [-0.4, -0.2) is 36.0 Å². The van der Waals surface area contributed by atoms with E-state index in [1.54, 1.807) is 24.3 Å². The Morgan fingerprint density at radius 3 is 2.43 bits per heavy atom. The van der Waals surface area contributed by atoms with Crippen molar-refractivity contribution in [3.63, 3.8) is 0 Å². The molecule has 2 aromatic carbocycles. The quantitative estimate of drug-likeness (QED) is 0.498. The summed E-state index contributed by atoms with van der Waals surface area (Å²) in [6.07, 6.45) is 0. The van der Waals surface area contributed by atoms with Crippen molar-refractivity contribution < 1.29 is 12.8 Å². The van der Waals surface area contributed by atoms with E-state index in [9.17, 15) is 8.42 Å². The molecule has 28 heavy (non-hydrogen) atoms. The molecule has 0 saturated carbocycles. The van der Waals surface area contributed by atoms with Gasteiger partial charge in [0.15, 0.2) is 0 Å². The Balaban J connectivity index is 1.82. The summed E-state index contributed by atoms with van der Waals surface area (Å²) in [5.41, 5.74) is 1.75. The SMILES string of the molecule is CCN(CC)S(=O)(=O)c1cccc(-c2nnc(SC(C)c3ccccc3)o2)c1. The van der Waals surface area contributed by atoms with Gasteiger partial charge in [-0.1, -0.05) is 62.0 Å². The Morgan fingerprint density at radius 2 is 1.75 bits per heavy atom. The van der Waals surface area contributed by atoms with E-state index in [1.807, 2.05) is 32.0 Å². The molecule has 0 aliphatic carbocycles. The fourth-order valence-electron chi connectivity index (χ4n) is 2.82. The van der Waals surface area contributed by atoms with Gasteiger partial charge in [0.05, 0.1) is 4.90 Å². The molecule has 148 valence electrons. The third kappa shape index (κ3) is 4.45. The molecule has 0 amide bonds. The maximum Gasteiger partial charge on any atom is 0.277 e. The molecule has 6 nitrogen and oxygen atoms in total. The molecule has 1 heterocycles. The van der Waals surface area contributed by atoms with E-state index in [2.05, 4.69) is 29.3 Å². The average molecular weight is 418 g/mol. The van der Waals surface area contributed by atoms with E-state index < -0.39 is 10.0 Å². The molecule has 0 aliphatic rings. The normalized spacial score (nSPS) is 13.0. The lowest BCUT2D eigenvalue weighted by atomic mass is 10.2. The van der Waals surface area contributed by atoms with Crippen molar-refractivity contribution in [3.8, 4) is 11.5 Å². The third-order valence-electron chi connectivity index (χ3n) is 4.38. The number of aromatic nitrogens is 2. The molecule has 1 unspecified atom stereocenters. The Hall–Kier alpha value is -2.16. The lowest BCUT2D eigenvalue weighted by Gasteiger charge is -2.18.